The van der Waals surface area contributed by atoms with Crippen LogP contribution in [0.25, 0.3) is 0 Å². The number of hydrogen-bond acceptors (Lipinski definition) is 3. The highest BCUT2D eigenvalue weighted by Crippen LogP contribution is 2.23. The topological polar surface area (TPSA) is 42.4 Å². The standard InChI is InChI=1S/C16H22N2O/c1-4-18(16-8-6-5-7-12(16)2)11-15-9-14(10-17)13(3)19-15/h5-9H,4,10-11,17H2,1-3H3. The highest BCUT2D eigenvalue weighted by atomic mass is 16.3. The summed E-state index contributed by atoms with van der Waals surface area (Å²) in [5.74, 6) is 1.90. The van der Waals surface area contributed by atoms with Gasteiger partial charge in [0.2, 0.25) is 0 Å². The fourth-order valence-electron chi connectivity index (χ4n) is 2.34. The van der Waals surface area contributed by atoms with Crippen LogP contribution in [0.3, 0.4) is 0 Å². The Labute approximate surface area is 115 Å². The molecule has 19 heavy (non-hydrogen) atoms. The van der Waals surface area contributed by atoms with Crippen molar-refractivity contribution in [1.29, 1.82) is 0 Å². The second kappa shape index (κ2) is 5.93. The highest BCUT2D eigenvalue weighted by Gasteiger charge is 2.12. The monoisotopic (exact) mass is 258 g/mol. The zero-order valence-electron chi connectivity index (χ0n) is 11.9. The minimum atomic E-state index is 0.534. The fraction of sp³-hybridized carbons (Fsp3) is 0.375. The summed E-state index contributed by atoms with van der Waals surface area (Å²) in [6.07, 6.45) is 0. The van der Waals surface area contributed by atoms with Gasteiger partial charge in [0.1, 0.15) is 11.5 Å². The number of benzene rings is 1. The first-order chi connectivity index (χ1) is 9.15. The van der Waals surface area contributed by atoms with Gasteiger partial charge in [-0.25, -0.2) is 0 Å². The van der Waals surface area contributed by atoms with Crippen LogP contribution in [0.4, 0.5) is 5.69 Å². The lowest BCUT2D eigenvalue weighted by Gasteiger charge is -2.23. The van der Waals surface area contributed by atoms with Gasteiger partial charge in [-0.2, -0.15) is 0 Å². The SMILES string of the molecule is CCN(Cc1cc(CN)c(C)o1)c1ccccc1C. The van der Waals surface area contributed by atoms with Gasteiger partial charge in [0.15, 0.2) is 0 Å². The molecule has 3 heteroatoms. The smallest absolute Gasteiger partial charge is 0.123 e. The molecule has 0 radical (unpaired) electrons. The first-order valence-electron chi connectivity index (χ1n) is 6.74. The number of rotatable bonds is 5. The fourth-order valence-corrected chi connectivity index (χ4v) is 2.34. The van der Waals surface area contributed by atoms with E-state index in [2.05, 4.69) is 49.1 Å². The van der Waals surface area contributed by atoms with E-state index < -0.39 is 0 Å². The second-order valence-corrected chi connectivity index (χ2v) is 4.80. The summed E-state index contributed by atoms with van der Waals surface area (Å²) in [4.78, 5) is 2.31. The van der Waals surface area contributed by atoms with Crippen molar-refractivity contribution in [1.82, 2.24) is 0 Å². The molecule has 0 spiro atoms. The molecule has 1 heterocycles. The molecule has 2 rings (SSSR count). The molecular formula is C16H22N2O. The normalized spacial score (nSPS) is 10.7. The van der Waals surface area contributed by atoms with E-state index in [1.807, 2.05) is 6.92 Å². The minimum Gasteiger partial charge on any atom is -0.464 e. The summed E-state index contributed by atoms with van der Waals surface area (Å²) in [5.41, 5.74) is 9.32. The van der Waals surface area contributed by atoms with E-state index in [0.717, 1.165) is 30.2 Å². The van der Waals surface area contributed by atoms with Gasteiger partial charge < -0.3 is 15.1 Å². The zero-order valence-corrected chi connectivity index (χ0v) is 11.9. The quantitative estimate of drug-likeness (QED) is 0.894. The Morgan fingerprint density at radius 2 is 1.95 bits per heavy atom. The van der Waals surface area contributed by atoms with Gasteiger partial charge >= 0.3 is 0 Å². The van der Waals surface area contributed by atoms with Gasteiger partial charge in [-0.15, -0.1) is 0 Å². The molecule has 2 aromatic rings. The molecule has 0 aliphatic heterocycles. The van der Waals surface area contributed by atoms with E-state index in [1.54, 1.807) is 0 Å². The third kappa shape index (κ3) is 2.99. The van der Waals surface area contributed by atoms with Crippen molar-refractivity contribution in [3.63, 3.8) is 0 Å². The van der Waals surface area contributed by atoms with E-state index >= 15 is 0 Å². The molecule has 1 aromatic heterocycles. The van der Waals surface area contributed by atoms with Crippen molar-refractivity contribution in [3.8, 4) is 0 Å². The lowest BCUT2D eigenvalue weighted by molar-refractivity contribution is 0.476. The predicted octanol–water partition coefficient (Wildman–Crippen LogP) is 3.38. The predicted molar refractivity (Wildman–Crippen MR) is 79.2 cm³/mol. The Hall–Kier alpha value is -1.74. The molecular weight excluding hydrogens is 236 g/mol. The molecule has 1 aromatic carbocycles. The number of para-hydroxylation sites is 1. The summed E-state index contributed by atoms with van der Waals surface area (Å²) >= 11 is 0. The van der Waals surface area contributed by atoms with Gasteiger partial charge in [-0.3, -0.25) is 0 Å². The molecule has 0 bridgehead atoms. The number of nitrogens with zero attached hydrogens (tertiary/aromatic N) is 1. The Morgan fingerprint density at radius 3 is 2.53 bits per heavy atom. The van der Waals surface area contributed by atoms with Gasteiger partial charge in [0.25, 0.3) is 0 Å². The molecule has 0 aliphatic carbocycles. The maximum atomic E-state index is 5.78. The van der Waals surface area contributed by atoms with Crippen molar-refractivity contribution in [2.24, 2.45) is 5.73 Å². The first kappa shape index (κ1) is 13.7. The van der Waals surface area contributed by atoms with E-state index in [-0.39, 0.29) is 0 Å². The summed E-state index contributed by atoms with van der Waals surface area (Å²) in [6, 6.07) is 10.5. The molecule has 0 atom stereocenters. The number of furan rings is 1. The average molecular weight is 258 g/mol. The Morgan fingerprint density at radius 1 is 1.21 bits per heavy atom. The number of aryl methyl sites for hydroxylation is 2. The number of anilines is 1. The van der Waals surface area contributed by atoms with Crippen molar-refractivity contribution in [3.05, 3.63) is 53.0 Å². The average Bonchev–Trinajstić information content (AvgIpc) is 2.77. The second-order valence-electron chi connectivity index (χ2n) is 4.80. The number of hydrogen-bond donors (Lipinski definition) is 1. The maximum Gasteiger partial charge on any atom is 0.123 e. The zero-order chi connectivity index (χ0) is 13.8. The Bertz CT molecular complexity index is 545. The summed E-state index contributed by atoms with van der Waals surface area (Å²) in [7, 11) is 0. The van der Waals surface area contributed by atoms with Crippen molar-refractivity contribution >= 4 is 5.69 Å². The van der Waals surface area contributed by atoms with Crippen LogP contribution in [0.15, 0.2) is 34.7 Å². The van der Waals surface area contributed by atoms with Crippen LogP contribution in [0.2, 0.25) is 0 Å². The molecule has 2 N–H and O–H groups in total. The lowest BCUT2D eigenvalue weighted by atomic mass is 10.1. The third-order valence-electron chi connectivity index (χ3n) is 3.48. The summed E-state index contributed by atoms with van der Waals surface area (Å²) < 4.78 is 5.78. The maximum absolute atomic E-state index is 5.78. The van der Waals surface area contributed by atoms with Crippen LogP contribution in [-0.4, -0.2) is 6.54 Å². The molecule has 0 saturated heterocycles. The molecule has 0 aliphatic rings. The molecule has 102 valence electrons. The van der Waals surface area contributed by atoms with Crippen LogP contribution in [0.1, 0.15) is 29.6 Å². The molecule has 0 fully saturated rings. The van der Waals surface area contributed by atoms with Crippen molar-refractivity contribution < 1.29 is 4.42 Å². The van der Waals surface area contributed by atoms with E-state index in [9.17, 15) is 0 Å². The summed E-state index contributed by atoms with van der Waals surface area (Å²) in [6.45, 7) is 8.52. The van der Waals surface area contributed by atoms with Crippen LogP contribution >= 0.6 is 0 Å². The van der Waals surface area contributed by atoms with Crippen molar-refractivity contribution in [2.45, 2.75) is 33.9 Å². The van der Waals surface area contributed by atoms with Crippen LogP contribution < -0.4 is 10.6 Å². The van der Waals surface area contributed by atoms with Gasteiger partial charge in [0.05, 0.1) is 6.54 Å². The van der Waals surface area contributed by atoms with Gasteiger partial charge in [-0.1, -0.05) is 18.2 Å². The van der Waals surface area contributed by atoms with Crippen LogP contribution in [-0.2, 0) is 13.1 Å². The van der Waals surface area contributed by atoms with Crippen molar-refractivity contribution in [2.75, 3.05) is 11.4 Å². The Kier molecular flexibility index (Phi) is 4.27. The largest absolute Gasteiger partial charge is 0.464 e. The molecule has 0 saturated carbocycles. The van der Waals surface area contributed by atoms with E-state index in [1.165, 1.54) is 11.3 Å². The number of nitrogens with two attached hydrogens (primary N) is 1. The first-order valence-corrected chi connectivity index (χ1v) is 6.74. The molecule has 3 nitrogen and oxygen atoms in total. The minimum absolute atomic E-state index is 0.534. The van der Waals surface area contributed by atoms with Gasteiger partial charge in [0, 0.05) is 24.3 Å². The van der Waals surface area contributed by atoms with Crippen LogP contribution in [0.5, 0.6) is 0 Å². The lowest BCUT2D eigenvalue weighted by Crippen LogP contribution is -2.22. The molecule has 0 unspecified atom stereocenters. The third-order valence-corrected chi connectivity index (χ3v) is 3.48. The van der Waals surface area contributed by atoms with Gasteiger partial charge in [-0.05, 0) is 38.5 Å². The Balaban J connectivity index is 2.21. The highest BCUT2D eigenvalue weighted by molar-refractivity contribution is 5.53. The summed E-state index contributed by atoms with van der Waals surface area (Å²) in [5, 5.41) is 0. The molecule has 0 amide bonds. The van der Waals surface area contributed by atoms with Crippen LogP contribution in [0, 0.1) is 13.8 Å². The van der Waals surface area contributed by atoms with E-state index in [4.69, 9.17) is 10.2 Å². The van der Waals surface area contributed by atoms with E-state index in [0.29, 0.717) is 6.54 Å².